The molecule has 1 aromatic heterocycles. The Morgan fingerprint density at radius 2 is 1.62 bits per heavy atom. The van der Waals surface area contributed by atoms with Gasteiger partial charge in [0.1, 0.15) is 7.05 Å². The number of hydrogen-bond donors (Lipinski definition) is 0. The second kappa shape index (κ2) is 7.73. The van der Waals surface area contributed by atoms with Crippen molar-refractivity contribution in [2.24, 2.45) is 12.5 Å². The van der Waals surface area contributed by atoms with E-state index in [0.717, 1.165) is 0 Å². The third-order valence-corrected chi connectivity index (χ3v) is 8.09. The molecule has 0 amide bonds. The topological polar surface area (TPSA) is 3.88 Å². The molecule has 5 rings (SSSR count). The smallest absolute Gasteiger partial charge is 0.194 e. The van der Waals surface area contributed by atoms with E-state index in [4.69, 9.17) is 0 Å². The van der Waals surface area contributed by atoms with E-state index in [-0.39, 0.29) is 0 Å². The van der Waals surface area contributed by atoms with Crippen molar-refractivity contribution in [1.82, 2.24) is 0 Å². The van der Waals surface area contributed by atoms with Crippen LogP contribution in [0, 0.1) is 26.2 Å². The van der Waals surface area contributed by atoms with Crippen molar-refractivity contribution in [2.75, 3.05) is 0 Å². The Bertz CT molecular complexity index is 1330. The average molecular weight is 423 g/mol. The summed E-state index contributed by atoms with van der Waals surface area (Å²) in [5.74, 6) is 0.670. The highest BCUT2D eigenvalue weighted by Gasteiger charge is 2.29. The Hall–Kier alpha value is -2.67. The lowest BCUT2D eigenvalue weighted by atomic mass is 9.70. The Balaban J connectivity index is 1.71. The second-order valence-electron chi connectivity index (χ2n) is 10.9. The summed E-state index contributed by atoms with van der Waals surface area (Å²) < 4.78 is 2.40. The number of nitrogens with zero attached hydrogens (tertiary/aromatic N) is 1. The molecule has 1 aliphatic rings. The summed E-state index contributed by atoms with van der Waals surface area (Å²) in [7, 11) is 2.23. The molecule has 1 fully saturated rings. The summed E-state index contributed by atoms with van der Waals surface area (Å²) in [4.78, 5) is 0. The Morgan fingerprint density at radius 1 is 0.875 bits per heavy atom. The maximum Gasteiger partial charge on any atom is 0.213 e. The van der Waals surface area contributed by atoms with Crippen molar-refractivity contribution in [1.29, 1.82) is 0 Å². The zero-order chi connectivity index (χ0) is 22.6. The van der Waals surface area contributed by atoms with Crippen LogP contribution in [0.25, 0.3) is 32.9 Å². The van der Waals surface area contributed by atoms with Gasteiger partial charge in [0.2, 0.25) is 11.2 Å². The van der Waals surface area contributed by atoms with Gasteiger partial charge in [0, 0.05) is 17.7 Å². The molecule has 164 valence electrons. The van der Waals surface area contributed by atoms with E-state index in [1.807, 2.05) is 0 Å². The molecule has 1 nitrogen and oxygen atoms in total. The van der Waals surface area contributed by atoms with E-state index in [2.05, 4.69) is 101 Å². The van der Waals surface area contributed by atoms with E-state index in [1.54, 1.807) is 5.56 Å². The number of benzene rings is 3. The van der Waals surface area contributed by atoms with Crippen LogP contribution in [-0.2, 0) is 7.05 Å². The second-order valence-corrected chi connectivity index (χ2v) is 10.9. The fraction of sp³-hybridized carbons (Fsp3) is 0.387. The predicted molar refractivity (Wildman–Crippen MR) is 137 cm³/mol. The SMILES string of the molecule is Cc1cc(C)c(C)c(-c2ccc3c4c(C5CCC(C)(C)CC5)cccc4ccc3[n+]2C)c1. The largest absolute Gasteiger partial charge is 0.213 e. The van der Waals surface area contributed by atoms with Crippen molar-refractivity contribution in [3.63, 3.8) is 0 Å². The number of pyridine rings is 1. The van der Waals surface area contributed by atoms with Crippen LogP contribution in [0.5, 0.6) is 0 Å². The number of rotatable bonds is 2. The van der Waals surface area contributed by atoms with Gasteiger partial charge in [-0.15, -0.1) is 0 Å². The lowest BCUT2D eigenvalue weighted by molar-refractivity contribution is -0.633. The molecule has 0 radical (unpaired) electrons. The summed E-state index contributed by atoms with van der Waals surface area (Å²) in [5, 5.41) is 4.22. The highest BCUT2D eigenvalue weighted by Crippen LogP contribution is 2.45. The first-order valence-corrected chi connectivity index (χ1v) is 12.2. The molecule has 1 heterocycles. The zero-order valence-corrected chi connectivity index (χ0v) is 20.5. The summed E-state index contributed by atoms with van der Waals surface area (Å²) in [5.41, 5.74) is 10.1. The maximum absolute atomic E-state index is 2.43. The van der Waals surface area contributed by atoms with Gasteiger partial charge in [-0.1, -0.05) is 43.7 Å². The Labute approximate surface area is 193 Å². The van der Waals surface area contributed by atoms with Crippen LogP contribution in [-0.4, -0.2) is 0 Å². The summed E-state index contributed by atoms with van der Waals surface area (Å²) in [6.07, 6.45) is 5.24. The van der Waals surface area contributed by atoms with E-state index >= 15 is 0 Å². The lowest BCUT2D eigenvalue weighted by Gasteiger charge is -2.35. The molecule has 0 spiro atoms. The lowest BCUT2D eigenvalue weighted by Crippen LogP contribution is -2.32. The van der Waals surface area contributed by atoms with Gasteiger partial charge < -0.3 is 0 Å². The van der Waals surface area contributed by atoms with Gasteiger partial charge in [0.25, 0.3) is 0 Å². The number of aryl methyl sites for hydroxylation is 3. The predicted octanol–water partition coefficient (Wildman–Crippen LogP) is 8.09. The molecule has 4 aromatic rings. The monoisotopic (exact) mass is 422 g/mol. The van der Waals surface area contributed by atoms with Gasteiger partial charge in [-0.25, -0.2) is 0 Å². The summed E-state index contributed by atoms with van der Waals surface area (Å²) in [6, 6.07) is 20.9. The van der Waals surface area contributed by atoms with Crippen molar-refractivity contribution in [3.8, 4) is 11.3 Å². The molecule has 0 saturated heterocycles. The molecular formula is C31H36N+. The first-order valence-electron chi connectivity index (χ1n) is 12.2. The van der Waals surface area contributed by atoms with Crippen LogP contribution in [0.1, 0.15) is 67.7 Å². The fourth-order valence-corrected chi connectivity index (χ4v) is 5.92. The molecule has 1 aliphatic carbocycles. The highest BCUT2D eigenvalue weighted by atomic mass is 14.9. The normalized spacial score (nSPS) is 16.7. The molecule has 0 aliphatic heterocycles. The number of hydrogen-bond acceptors (Lipinski definition) is 0. The standard InChI is InChI=1S/C31H36N/c1-20-18-21(2)22(3)27(19-20)29-13-11-26-28(32(29)6)12-10-24-8-7-9-25(30(24)26)23-14-16-31(4,5)17-15-23/h7-13,18-19,23H,14-17H2,1-6H3/q+1. The molecule has 0 bridgehead atoms. The first kappa shape index (κ1) is 21.2. The first-order chi connectivity index (χ1) is 15.2. The quantitative estimate of drug-likeness (QED) is 0.227. The van der Waals surface area contributed by atoms with Crippen LogP contribution in [0.4, 0.5) is 0 Å². The number of fused-ring (bicyclic) bond motifs is 3. The average Bonchev–Trinajstić information content (AvgIpc) is 2.76. The molecule has 0 unspecified atom stereocenters. The molecule has 32 heavy (non-hydrogen) atoms. The molecule has 0 atom stereocenters. The van der Waals surface area contributed by atoms with Crippen molar-refractivity contribution >= 4 is 21.7 Å². The van der Waals surface area contributed by atoms with E-state index in [9.17, 15) is 0 Å². The zero-order valence-electron chi connectivity index (χ0n) is 20.5. The Morgan fingerprint density at radius 3 is 2.38 bits per heavy atom. The summed E-state index contributed by atoms with van der Waals surface area (Å²) in [6.45, 7) is 11.5. The van der Waals surface area contributed by atoms with E-state index < -0.39 is 0 Å². The molecule has 1 heteroatoms. The van der Waals surface area contributed by atoms with Crippen LogP contribution < -0.4 is 4.57 Å². The van der Waals surface area contributed by atoms with Crippen LogP contribution >= 0.6 is 0 Å². The summed E-state index contributed by atoms with van der Waals surface area (Å²) >= 11 is 0. The highest BCUT2D eigenvalue weighted by molar-refractivity contribution is 6.07. The van der Waals surface area contributed by atoms with Crippen molar-refractivity contribution < 1.29 is 4.57 Å². The van der Waals surface area contributed by atoms with Gasteiger partial charge >= 0.3 is 0 Å². The van der Waals surface area contributed by atoms with Gasteiger partial charge in [0.05, 0.1) is 5.39 Å². The number of aromatic nitrogens is 1. The Kier molecular flexibility index (Phi) is 5.12. The fourth-order valence-electron chi connectivity index (χ4n) is 5.92. The molecule has 0 N–H and O–H groups in total. The minimum atomic E-state index is 0.494. The minimum Gasteiger partial charge on any atom is -0.194 e. The van der Waals surface area contributed by atoms with Gasteiger partial charge in [0.15, 0.2) is 0 Å². The molecule has 3 aromatic carbocycles. The third kappa shape index (κ3) is 3.52. The molecule has 1 saturated carbocycles. The van der Waals surface area contributed by atoms with Gasteiger partial charge in [-0.2, -0.15) is 4.57 Å². The van der Waals surface area contributed by atoms with Crippen LogP contribution in [0.15, 0.2) is 54.6 Å². The molecular weight excluding hydrogens is 386 g/mol. The van der Waals surface area contributed by atoms with E-state index in [0.29, 0.717) is 11.3 Å². The maximum atomic E-state index is 2.43. The van der Waals surface area contributed by atoms with Crippen LogP contribution in [0.3, 0.4) is 0 Å². The van der Waals surface area contributed by atoms with Crippen LogP contribution in [0.2, 0.25) is 0 Å². The van der Waals surface area contributed by atoms with Gasteiger partial charge in [-0.3, -0.25) is 0 Å². The van der Waals surface area contributed by atoms with Gasteiger partial charge in [-0.05, 0) is 103 Å². The van der Waals surface area contributed by atoms with Crippen molar-refractivity contribution in [3.05, 3.63) is 76.9 Å². The van der Waals surface area contributed by atoms with E-state index in [1.165, 1.54) is 75.3 Å². The third-order valence-electron chi connectivity index (χ3n) is 8.09. The van der Waals surface area contributed by atoms with Crippen molar-refractivity contribution in [2.45, 2.75) is 66.2 Å². The minimum absolute atomic E-state index is 0.494.